The molecule has 2 atom stereocenters. The topological polar surface area (TPSA) is 55.6 Å². The molecule has 0 radical (unpaired) electrons. The van der Waals surface area contributed by atoms with Gasteiger partial charge in [0.2, 0.25) is 5.91 Å². The minimum atomic E-state index is -0.721. The van der Waals surface area contributed by atoms with Crippen LogP contribution in [0.4, 0.5) is 0 Å². The zero-order chi connectivity index (χ0) is 12.3. The maximum atomic E-state index is 12.4. The maximum Gasteiger partial charge on any atom is 0.235 e. The summed E-state index contributed by atoms with van der Waals surface area (Å²) in [5.74, 6) is 0.0262. The van der Waals surface area contributed by atoms with Crippen LogP contribution in [0.1, 0.15) is 27.2 Å². The molecular weight excluding hydrogens is 224 g/mol. The van der Waals surface area contributed by atoms with Crippen LogP contribution in [0.3, 0.4) is 0 Å². The summed E-state index contributed by atoms with van der Waals surface area (Å²) >= 11 is 5.01. The Kier molecular flexibility index (Phi) is 4.27. The van der Waals surface area contributed by atoms with E-state index in [0.717, 1.165) is 0 Å². The number of carbonyl (C=O) groups excluding carboxylic acids is 1. The molecule has 0 aromatic carbocycles. The summed E-state index contributed by atoms with van der Waals surface area (Å²) in [5.41, 5.74) is 4.97. The minimum absolute atomic E-state index is 0.0262. The van der Waals surface area contributed by atoms with Crippen LogP contribution in [0.15, 0.2) is 0 Å². The molecule has 1 saturated heterocycles. The van der Waals surface area contributed by atoms with E-state index in [4.69, 9.17) is 22.7 Å². The van der Waals surface area contributed by atoms with E-state index in [1.165, 1.54) is 0 Å². The van der Waals surface area contributed by atoms with Crippen LogP contribution in [0.2, 0.25) is 0 Å². The molecule has 16 heavy (non-hydrogen) atoms. The number of hydrogen-bond acceptors (Lipinski definition) is 3. The van der Waals surface area contributed by atoms with Crippen molar-refractivity contribution < 1.29 is 9.53 Å². The third-order valence-electron chi connectivity index (χ3n) is 3.35. The number of morpholine rings is 1. The van der Waals surface area contributed by atoms with Gasteiger partial charge in [-0.15, -0.1) is 0 Å². The lowest BCUT2D eigenvalue weighted by Crippen LogP contribution is -2.55. The highest BCUT2D eigenvalue weighted by Gasteiger charge is 2.40. The number of hydrogen-bond donors (Lipinski definition) is 1. The minimum Gasteiger partial charge on any atom is -0.392 e. The second kappa shape index (κ2) is 5.10. The lowest BCUT2D eigenvalue weighted by atomic mass is 9.85. The van der Waals surface area contributed by atoms with Crippen LogP contribution in [0, 0.1) is 5.41 Å². The van der Waals surface area contributed by atoms with Gasteiger partial charge in [-0.2, -0.15) is 0 Å². The van der Waals surface area contributed by atoms with Crippen molar-refractivity contribution in [2.45, 2.75) is 33.2 Å². The maximum absolute atomic E-state index is 12.4. The summed E-state index contributed by atoms with van der Waals surface area (Å²) in [5, 5.41) is 0. The van der Waals surface area contributed by atoms with Crippen molar-refractivity contribution in [2.75, 3.05) is 19.8 Å². The summed E-state index contributed by atoms with van der Waals surface area (Å²) < 4.78 is 5.31. The van der Waals surface area contributed by atoms with Crippen molar-refractivity contribution in [2.24, 2.45) is 11.1 Å². The first kappa shape index (κ1) is 13.4. The fraction of sp³-hybridized carbons (Fsp3) is 0.818. The van der Waals surface area contributed by atoms with Crippen LogP contribution < -0.4 is 5.73 Å². The summed E-state index contributed by atoms with van der Waals surface area (Å²) in [6.45, 7) is 7.53. The van der Waals surface area contributed by atoms with Crippen molar-refractivity contribution in [1.82, 2.24) is 4.90 Å². The van der Waals surface area contributed by atoms with Crippen molar-refractivity contribution >= 4 is 23.1 Å². The van der Waals surface area contributed by atoms with Gasteiger partial charge >= 0.3 is 0 Å². The summed E-state index contributed by atoms with van der Waals surface area (Å²) in [6.07, 6.45) is 0.630. The van der Waals surface area contributed by atoms with E-state index < -0.39 is 5.41 Å². The second-order valence-corrected chi connectivity index (χ2v) is 4.91. The number of thiocarbonyl (C=S) groups is 1. The van der Waals surface area contributed by atoms with E-state index in [-0.39, 0.29) is 16.9 Å². The van der Waals surface area contributed by atoms with Gasteiger partial charge in [0.1, 0.15) is 0 Å². The van der Waals surface area contributed by atoms with Gasteiger partial charge in [0, 0.05) is 6.54 Å². The number of nitrogens with zero attached hydrogens (tertiary/aromatic N) is 1. The smallest absolute Gasteiger partial charge is 0.235 e. The molecule has 1 heterocycles. The Bertz CT molecular complexity index is 296. The predicted octanol–water partition coefficient (Wildman–Crippen LogP) is 0.936. The van der Waals surface area contributed by atoms with Crippen molar-refractivity contribution in [3.05, 3.63) is 0 Å². The normalized spacial score (nSPS) is 24.9. The zero-order valence-electron chi connectivity index (χ0n) is 10.2. The first-order valence-electron chi connectivity index (χ1n) is 5.62. The molecule has 4 nitrogen and oxygen atoms in total. The SMILES string of the molecule is CCC(C)(C(=O)N1CCOCC1C)C(N)=S. The number of amides is 1. The highest BCUT2D eigenvalue weighted by atomic mass is 32.1. The summed E-state index contributed by atoms with van der Waals surface area (Å²) in [4.78, 5) is 14.5. The van der Waals surface area contributed by atoms with Gasteiger partial charge in [0.25, 0.3) is 0 Å². The molecule has 0 aromatic heterocycles. The number of nitrogens with two attached hydrogens (primary N) is 1. The van der Waals surface area contributed by atoms with Gasteiger partial charge in [-0.1, -0.05) is 19.1 Å². The highest BCUT2D eigenvalue weighted by Crippen LogP contribution is 2.26. The zero-order valence-corrected chi connectivity index (χ0v) is 11.0. The molecule has 1 aliphatic heterocycles. The van der Waals surface area contributed by atoms with E-state index >= 15 is 0 Å². The van der Waals surface area contributed by atoms with Gasteiger partial charge in [0.05, 0.1) is 29.7 Å². The lowest BCUT2D eigenvalue weighted by Gasteiger charge is -2.39. The molecule has 5 heteroatoms. The van der Waals surface area contributed by atoms with Gasteiger partial charge in [-0.25, -0.2) is 0 Å². The second-order valence-electron chi connectivity index (χ2n) is 4.47. The van der Waals surface area contributed by atoms with Crippen LogP contribution in [0.25, 0.3) is 0 Å². The van der Waals surface area contributed by atoms with E-state index in [9.17, 15) is 4.79 Å². The molecule has 2 unspecified atom stereocenters. The summed E-state index contributed by atoms with van der Waals surface area (Å²) in [6, 6.07) is 0.0986. The standard InChI is InChI=1S/C11H20N2O2S/c1-4-11(3,9(12)16)10(14)13-5-6-15-7-8(13)2/h8H,4-7H2,1-3H3,(H2,12,16). The molecular formula is C11H20N2O2S. The third kappa shape index (κ3) is 2.35. The van der Waals surface area contributed by atoms with Crippen LogP contribution >= 0.6 is 12.2 Å². The van der Waals surface area contributed by atoms with Crippen molar-refractivity contribution in [1.29, 1.82) is 0 Å². The lowest BCUT2D eigenvalue weighted by molar-refractivity contribution is -0.145. The Morgan fingerprint density at radius 3 is 2.75 bits per heavy atom. The average Bonchev–Trinajstić information content (AvgIpc) is 2.27. The van der Waals surface area contributed by atoms with Crippen molar-refractivity contribution in [3.63, 3.8) is 0 Å². The molecule has 0 bridgehead atoms. The quantitative estimate of drug-likeness (QED) is 0.751. The van der Waals surface area contributed by atoms with E-state index in [2.05, 4.69) is 0 Å². The Balaban J connectivity index is 2.86. The molecule has 2 N–H and O–H groups in total. The van der Waals surface area contributed by atoms with Gasteiger partial charge in [-0.05, 0) is 20.3 Å². The molecule has 1 amide bonds. The number of carbonyl (C=O) groups is 1. The molecule has 92 valence electrons. The molecule has 0 aliphatic carbocycles. The van der Waals surface area contributed by atoms with Crippen LogP contribution in [-0.4, -0.2) is 41.6 Å². The average molecular weight is 244 g/mol. The Morgan fingerprint density at radius 2 is 2.31 bits per heavy atom. The molecule has 1 rings (SSSR count). The Hall–Kier alpha value is -0.680. The monoisotopic (exact) mass is 244 g/mol. The van der Waals surface area contributed by atoms with E-state index in [1.807, 2.05) is 25.7 Å². The van der Waals surface area contributed by atoms with Crippen molar-refractivity contribution in [3.8, 4) is 0 Å². The molecule has 0 spiro atoms. The highest BCUT2D eigenvalue weighted by molar-refractivity contribution is 7.80. The fourth-order valence-corrected chi connectivity index (χ4v) is 2.01. The van der Waals surface area contributed by atoms with E-state index in [0.29, 0.717) is 26.2 Å². The van der Waals surface area contributed by atoms with E-state index in [1.54, 1.807) is 0 Å². The fourth-order valence-electron chi connectivity index (χ4n) is 1.78. The first-order chi connectivity index (χ1) is 7.43. The molecule has 1 aliphatic rings. The third-order valence-corrected chi connectivity index (χ3v) is 3.80. The largest absolute Gasteiger partial charge is 0.392 e. The molecule has 0 saturated carbocycles. The number of ether oxygens (including phenoxy) is 1. The van der Waals surface area contributed by atoms with Gasteiger partial charge in [-0.3, -0.25) is 4.79 Å². The van der Waals surface area contributed by atoms with Gasteiger partial charge in [0.15, 0.2) is 0 Å². The molecule has 1 fully saturated rings. The number of rotatable bonds is 3. The van der Waals surface area contributed by atoms with Crippen LogP contribution in [0.5, 0.6) is 0 Å². The molecule has 0 aromatic rings. The Morgan fingerprint density at radius 1 is 1.69 bits per heavy atom. The first-order valence-corrected chi connectivity index (χ1v) is 6.03. The summed E-state index contributed by atoms with van der Waals surface area (Å²) in [7, 11) is 0. The predicted molar refractivity (Wildman–Crippen MR) is 67.2 cm³/mol. The van der Waals surface area contributed by atoms with Crippen LogP contribution in [-0.2, 0) is 9.53 Å². The Labute approximate surface area is 102 Å². The van der Waals surface area contributed by atoms with Gasteiger partial charge < -0.3 is 15.4 Å².